The minimum Gasteiger partial charge on any atom is -0.276 e. The Kier molecular flexibility index (Phi) is 4.15. The van der Waals surface area contributed by atoms with Crippen molar-refractivity contribution in [2.24, 2.45) is 5.92 Å². The number of hydrogen-bond donors (Lipinski definition) is 0. The molecule has 1 aliphatic carbocycles. The molecule has 0 N–H and O–H groups in total. The molecule has 2 heterocycles. The zero-order valence-corrected chi connectivity index (χ0v) is 12.5. The average molecular weight is 292 g/mol. The van der Waals surface area contributed by atoms with Gasteiger partial charge >= 0.3 is 0 Å². The summed E-state index contributed by atoms with van der Waals surface area (Å²) < 4.78 is 0. The quantitative estimate of drug-likeness (QED) is 0.784. The van der Waals surface area contributed by atoms with E-state index in [1.54, 1.807) is 11.3 Å². The molecule has 0 radical (unpaired) electrons. The number of likely N-dealkylation sites (tertiary alicyclic amines) is 1. The SMILES string of the molecule is O=C1CCC(=O)N1Cc1nc(CCC2CCCC2)cs1. The number of carbonyl (C=O) groups excluding carboxylic acids is 2. The summed E-state index contributed by atoms with van der Waals surface area (Å²) in [5.41, 5.74) is 1.12. The molecule has 1 aliphatic heterocycles. The summed E-state index contributed by atoms with van der Waals surface area (Å²) in [6.07, 6.45) is 8.48. The number of nitrogens with zero attached hydrogens (tertiary/aromatic N) is 2. The Morgan fingerprint density at radius 1 is 1.20 bits per heavy atom. The van der Waals surface area contributed by atoms with Crippen LogP contribution in [0.25, 0.3) is 0 Å². The van der Waals surface area contributed by atoms with Crippen molar-refractivity contribution in [1.29, 1.82) is 0 Å². The van der Waals surface area contributed by atoms with Gasteiger partial charge in [0.15, 0.2) is 0 Å². The molecule has 0 atom stereocenters. The van der Waals surface area contributed by atoms with Crippen molar-refractivity contribution in [2.45, 2.75) is 57.9 Å². The maximum Gasteiger partial charge on any atom is 0.230 e. The van der Waals surface area contributed by atoms with Crippen molar-refractivity contribution in [3.8, 4) is 0 Å². The molecule has 0 bridgehead atoms. The van der Waals surface area contributed by atoms with Crippen molar-refractivity contribution in [3.05, 3.63) is 16.1 Å². The lowest BCUT2D eigenvalue weighted by Crippen LogP contribution is -2.28. The summed E-state index contributed by atoms with van der Waals surface area (Å²) in [4.78, 5) is 29.1. The number of aryl methyl sites for hydroxylation is 1. The van der Waals surface area contributed by atoms with Crippen LogP contribution in [0.15, 0.2) is 5.38 Å². The fourth-order valence-corrected chi connectivity index (χ4v) is 3.94. The van der Waals surface area contributed by atoms with Crippen LogP contribution < -0.4 is 0 Å². The highest BCUT2D eigenvalue weighted by molar-refractivity contribution is 7.09. The lowest BCUT2D eigenvalue weighted by atomic mass is 10.0. The molecule has 1 aromatic heterocycles. The Balaban J connectivity index is 1.53. The normalized spacial score (nSPS) is 20.3. The van der Waals surface area contributed by atoms with Crippen molar-refractivity contribution < 1.29 is 9.59 Å². The van der Waals surface area contributed by atoms with Gasteiger partial charge in [-0.2, -0.15) is 0 Å². The molecular weight excluding hydrogens is 272 g/mol. The van der Waals surface area contributed by atoms with Crippen LogP contribution in [0, 0.1) is 5.92 Å². The highest BCUT2D eigenvalue weighted by Crippen LogP contribution is 2.29. The van der Waals surface area contributed by atoms with Gasteiger partial charge in [0.25, 0.3) is 0 Å². The van der Waals surface area contributed by atoms with Crippen LogP contribution in [0.3, 0.4) is 0 Å². The molecule has 0 spiro atoms. The predicted octanol–water partition coefficient (Wildman–Crippen LogP) is 2.91. The Labute approximate surface area is 123 Å². The van der Waals surface area contributed by atoms with Gasteiger partial charge in [-0.25, -0.2) is 4.98 Å². The molecule has 1 saturated carbocycles. The summed E-state index contributed by atoms with van der Waals surface area (Å²) in [6, 6.07) is 0. The van der Waals surface area contributed by atoms with Gasteiger partial charge < -0.3 is 0 Å². The molecule has 2 fully saturated rings. The maximum absolute atomic E-state index is 11.6. The van der Waals surface area contributed by atoms with E-state index in [0.29, 0.717) is 19.4 Å². The third-order valence-corrected chi connectivity index (χ3v) is 5.21. The summed E-state index contributed by atoms with van der Waals surface area (Å²) in [5.74, 6) is 0.761. The molecule has 2 amide bonds. The molecular formula is C15H20N2O2S. The molecule has 5 heteroatoms. The lowest BCUT2D eigenvalue weighted by Gasteiger charge is -2.11. The number of carbonyl (C=O) groups is 2. The zero-order chi connectivity index (χ0) is 13.9. The largest absolute Gasteiger partial charge is 0.276 e. The van der Waals surface area contributed by atoms with Gasteiger partial charge in [0.05, 0.1) is 12.2 Å². The molecule has 108 valence electrons. The van der Waals surface area contributed by atoms with E-state index in [-0.39, 0.29) is 11.8 Å². The zero-order valence-electron chi connectivity index (χ0n) is 11.6. The Hall–Kier alpha value is -1.23. The molecule has 4 nitrogen and oxygen atoms in total. The third-order valence-electron chi connectivity index (χ3n) is 4.33. The number of amides is 2. The van der Waals surface area contributed by atoms with Gasteiger partial charge in [0, 0.05) is 18.2 Å². The van der Waals surface area contributed by atoms with E-state index >= 15 is 0 Å². The van der Waals surface area contributed by atoms with Gasteiger partial charge in [-0.1, -0.05) is 25.7 Å². The first-order valence-corrected chi connectivity index (χ1v) is 8.37. The predicted molar refractivity (Wildman–Crippen MR) is 77.2 cm³/mol. The summed E-state index contributed by atoms with van der Waals surface area (Å²) in [7, 11) is 0. The second kappa shape index (κ2) is 6.04. The van der Waals surface area contributed by atoms with Crippen molar-refractivity contribution in [3.63, 3.8) is 0 Å². The van der Waals surface area contributed by atoms with Gasteiger partial charge in [-0.3, -0.25) is 14.5 Å². The van der Waals surface area contributed by atoms with Crippen LogP contribution in [0.2, 0.25) is 0 Å². The summed E-state index contributed by atoms with van der Waals surface area (Å²) >= 11 is 1.57. The maximum atomic E-state index is 11.6. The van der Waals surface area contributed by atoms with Gasteiger partial charge in [0.2, 0.25) is 11.8 Å². The number of rotatable bonds is 5. The lowest BCUT2D eigenvalue weighted by molar-refractivity contribution is -0.139. The minimum atomic E-state index is -0.0577. The Morgan fingerprint density at radius 3 is 2.60 bits per heavy atom. The van der Waals surface area contributed by atoms with E-state index in [9.17, 15) is 9.59 Å². The van der Waals surface area contributed by atoms with E-state index in [0.717, 1.165) is 23.0 Å². The van der Waals surface area contributed by atoms with Gasteiger partial charge in [-0.05, 0) is 18.8 Å². The van der Waals surface area contributed by atoms with Crippen LogP contribution in [0.1, 0.15) is 55.6 Å². The van der Waals surface area contributed by atoms with Crippen LogP contribution >= 0.6 is 11.3 Å². The number of hydrogen-bond acceptors (Lipinski definition) is 4. The van der Waals surface area contributed by atoms with Crippen LogP contribution in [-0.2, 0) is 22.6 Å². The van der Waals surface area contributed by atoms with E-state index < -0.39 is 0 Å². The standard InChI is InChI=1S/C15H20N2O2S/c18-14-7-8-15(19)17(14)9-13-16-12(10-20-13)6-5-11-3-1-2-4-11/h10-11H,1-9H2. The van der Waals surface area contributed by atoms with Gasteiger partial charge in [0.1, 0.15) is 5.01 Å². The second-order valence-electron chi connectivity index (χ2n) is 5.80. The highest BCUT2D eigenvalue weighted by Gasteiger charge is 2.29. The smallest absolute Gasteiger partial charge is 0.230 e. The highest BCUT2D eigenvalue weighted by atomic mass is 32.1. The Bertz CT molecular complexity index is 490. The topological polar surface area (TPSA) is 50.3 Å². The molecule has 0 unspecified atom stereocenters. The fraction of sp³-hybridized carbons (Fsp3) is 0.667. The van der Waals surface area contributed by atoms with Gasteiger partial charge in [-0.15, -0.1) is 11.3 Å². The molecule has 0 aromatic carbocycles. The van der Waals surface area contributed by atoms with Crippen molar-refractivity contribution in [1.82, 2.24) is 9.88 Å². The van der Waals surface area contributed by atoms with E-state index in [4.69, 9.17) is 0 Å². The van der Waals surface area contributed by atoms with Crippen molar-refractivity contribution >= 4 is 23.2 Å². The third kappa shape index (κ3) is 3.08. The van der Waals surface area contributed by atoms with E-state index in [1.807, 2.05) is 0 Å². The molecule has 20 heavy (non-hydrogen) atoms. The monoisotopic (exact) mass is 292 g/mol. The van der Waals surface area contributed by atoms with Crippen LogP contribution in [0.5, 0.6) is 0 Å². The first-order chi connectivity index (χ1) is 9.72. The Morgan fingerprint density at radius 2 is 1.90 bits per heavy atom. The van der Waals surface area contributed by atoms with E-state index in [2.05, 4.69) is 10.4 Å². The molecule has 1 saturated heterocycles. The average Bonchev–Trinajstić information content (AvgIpc) is 3.15. The first-order valence-electron chi connectivity index (χ1n) is 7.49. The van der Waals surface area contributed by atoms with Crippen molar-refractivity contribution in [2.75, 3.05) is 0 Å². The number of imide groups is 1. The molecule has 2 aliphatic rings. The molecule has 3 rings (SSSR count). The fourth-order valence-electron chi connectivity index (χ4n) is 3.12. The number of thiazole rings is 1. The van der Waals surface area contributed by atoms with Crippen LogP contribution in [0.4, 0.5) is 0 Å². The summed E-state index contributed by atoms with van der Waals surface area (Å²) in [6.45, 7) is 0.367. The number of aromatic nitrogens is 1. The first kappa shape index (κ1) is 13.7. The summed E-state index contributed by atoms with van der Waals surface area (Å²) in [5, 5.41) is 2.96. The van der Waals surface area contributed by atoms with Crippen LogP contribution in [-0.4, -0.2) is 21.7 Å². The van der Waals surface area contributed by atoms with E-state index in [1.165, 1.54) is 37.0 Å². The second-order valence-corrected chi connectivity index (χ2v) is 6.74. The minimum absolute atomic E-state index is 0.0577. The molecule has 1 aromatic rings.